The Morgan fingerprint density at radius 2 is 0.833 bits per heavy atom. The zero-order chi connectivity index (χ0) is 2.00. The zero-order valence-electron chi connectivity index (χ0n) is 5.89. The molecule has 2 N–H and O–H groups in total. The van der Waals surface area contributed by atoms with Crippen LogP contribution >= 0.6 is 27.0 Å². The van der Waals surface area contributed by atoms with Gasteiger partial charge in [-0.3, -0.25) is 10.5 Å². The summed E-state index contributed by atoms with van der Waals surface area (Å²) in [4.78, 5) is 0. The Morgan fingerprint density at radius 1 is 0.833 bits per heavy atom. The van der Waals surface area contributed by atoms with Crippen LogP contribution in [-0.2, 0) is 0 Å². The van der Waals surface area contributed by atoms with E-state index in [9.17, 15) is 0 Å². The Morgan fingerprint density at radius 3 is 0.833 bits per heavy atom. The standard InChI is InChI=1S/2K.H2O2.2H2S.2H/c;;1-2;;;;/h;;1-2H;2*1H2;;/q2*+1;;;;2*-1. The van der Waals surface area contributed by atoms with E-state index >= 15 is 0 Å². The van der Waals surface area contributed by atoms with Crippen LogP contribution in [0.1, 0.15) is 2.85 Å². The van der Waals surface area contributed by atoms with Crippen molar-refractivity contribution < 1.29 is 116 Å². The van der Waals surface area contributed by atoms with E-state index in [1.807, 2.05) is 0 Å². The molecule has 0 aromatic carbocycles. The average molecular weight is 182 g/mol. The van der Waals surface area contributed by atoms with Crippen molar-refractivity contribution in [2.24, 2.45) is 0 Å². The normalized spacial score (nSPS) is 1.00. The van der Waals surface area contributed by atoms with E-state index in [-0.39, 0.29) is 133 Å². The molecule has 0 saturated carbocycles. The smallest absolute Gasteiger partial charge is 1.00 e. The van der Waals surface area contributed by atoms with Crippen molar-refractivity contribution in [3.8, 4) is 0 Å². The van der Waals surface area contributed by atoms with Gasteiger partial charge in [0.1, 0.15) is 0 Å². The minimum absolute atomic E-state index is 0. The fraction of sp³-hybridized carbons (Fsp3) is 0. The van der Waals surface area contributed by atoms with Gasteiger partial charge in [0.25, 0.3) is 0 Å². The molecule has 0 aliphatic rings. The van der Waals surface area contributed by atoms with Crippen LogP contribution in [0.25, 0.3) is 0 Å². The Labute approximate surface area is 139 Å². The molecule has 0 aromatic rings. The van der Waals surface area contributed by atoms with Gasteiger partial charge in [0.2, 0.25) is 0 Å². The zero-order valence-corrected chi connectivity index (χ0v) is 12.1. The van der Waals surface area contributed by atoms with Crippen molar-refractivity contribution >= 4 is 27.0 Å². The molecule has 0 rings (SSSR count). The molecule has 0 aliphatic carbocycles. The van der Waals surface area contributed by atoms with Crippen LogP contribution in [0.4, 0.5) is 0 Å². The van der Waals surface area contributed by atoms with E-state index in [0.29, 0.717) is 0 Å². The predicted molar refractivity (Wildman–Crippen MR) is 28.2 cm³/mol. The second-order valence-electron chi connectivity index (χ2n) is 0. The van der Waals surface area contributed by atoms with E-state index < -0.39 is 0 Å². The summed E-state index contributed by atoms with van der Waals surface area (Å²) in [6.45, 7) is 0. The van der Waals surface area contributed by atoms with Gasteiger partial charge in [-0.25, -0.2) is 0 Å². The molecule has 6 heteroatoms. The maximum Gasteiger partial charge on any atom is 1.00 e. The maximum atomic E-state index is 6.00. The Bertz CT molecular complexity index is 16.0. The molecule has 0 amide bonds. The average Bonchev–Trinajstić information content (AvgIpc) is 1.00. The van der Waals surface area contributed by atoms with Crippen molar-refractivity contribution in [1.29, 1.82) is 0 Å². The van der Waals surface area contributed by atoms with Crippen LogP contribution in [0, 0.1) is 0 Å². The molecule has 0 aromatic heterocycles. The summed E-state index contributed by atoms with van der Waals surface area (Å²) < 4.78 is 0. The van der Waals surface area contributed by atoms with Gasteiger partial charge in [-0.2, -0.15) is 27.0 Å². The van der Waals surface area contributed by atoms with E-state index in [0.717, 1.165) is 0 Å². The quantitative estimate of drug-likeness (QED) is 0.223. The maximum absolute atomic E-state index is 6.00. The molecule has 34 valence electrons. The van der Waals surface area contributed by atoms with Gasteiger partial charge in [-0.15, -0.1) is 0 Å². The SMILES string of the molecule is OO.S.S.[H-].[H-].[K+].[K+]. The Hall–Kier alpha value is 3.89. The van der Waals surface area contributed by atoms with Crippen LogP contribution in [0.2, 0.25) is 0 Å². The van der Waals surface area contributed by atoms with Crippen LogP contribution in [0.3, 0.4) is 0 Å². The van der Waals surface area contributed by atoms with Crippen molar-refractivity contribution in [1.82, 2.24) is 0 Å². The number of hydrogen-bond donors (Lipinski definition) is 2. The van der Waals surface area contributed by atoms with Gasteiger partial charge < -0.3 is 2.85 Å². The van der Waals surface area contributed by atoms with E-state index in [1.165, 1.54) is 0 Å². The minimum Gasteiger partial charge on any atom is -1.00 e. The first-order chi connectivity index (χ1) is 1.00. The molecule has 0 radical (unpaired) electrons. The predicted octanol–water partition coefficient (Wildman–Crippen LogP) is -5.52. The molecule has 0 fully saturated rings. The first-order valence-corrected chi connectivity index (χ1v) is 0.200. The Kier molecular flexibility index (Phi) is 199. The van der Waals surface area contributed by atoms with Gasteiger partial charge in [0, 0.05) is 0 Å². The van der Waals surface area contributed by atoms with E-state index in [2.05, 4.69) is 0 Å². The first-order valence-electron chi connectivity index (χ1n) is 0.200. The summed E-state index contributed by atoms with van der Waals surface area (Å²) >= 11 is 0. The molecule has 0 atom stereocenters. The third-order valence-electron chi connectivity index (χ3n) is 0. The first kappa shape index (κ1) is 32.7. The molecule has 0 unspecified atom stereocenters. The molecule has 2 nitrogen and oxygen atoms in total. The van der Waals surface area contributed by atoms with Crippen LogP contribution in [0.15, 0.2) is 0 Å². The van der Waals surface area contributed by atoms with Gasteiger partial charge in [0.15, 0.2) is 0 Å². The van der Waals surface area contributed by atoms with Crippen LogP contribution < -0.4 is 103 Å². The number of rotatable bonds is 0. The van der Waals surface area contributed by atoms with Gasteiger partial charge >= 0.3 is 103 Å². The molecule has 6 heavy (non-hydrogen) atoms. The van der Waals surface area contributed by atoms with Gasteiger partial charge in [-0.05, 0) is 0 Å². The van der Waals surface area contributed by atoms with Gasteiger partial charge in [0.05, 0.1) is 0 Å². The van der Waals surface area contributed by atoms with Crippen molar-refractivity contribution in [3.05, 3.63) is 0 Å². The topological polar surface area (TPSA) is 40.5 Å². The van der Waals surface area contributed by atoms with Gasteiger partial charge in [-0.1, -0.05) is 0 Å². The summed E-state index contributed by atoms with van der Waals surface area (Å²) in [5, 5.41) is 12.0. The second kappa shape index (κ2) is 36.6. The summed E-state index contributed by atoms with van der Waals surface area (Å²) in [6, 6.07) is 0. The summed E-state index contributed by atoms with van der Waals surface area (Å²) in [5.41, 5.74) is 0. The molecular formula is H8K2O2S2. The molecule has 0 heterocycles. The second-order valence-corrected chi connectivity index (χ2v) is 0. The largest absolute Gasteiger partial charge is 1.00 e. The summed E-state index contributed by atoms with van der Waals surface area (Å²) in [7, 11) is 0. The van der Waals surface area contributed by atoms with Crippen LogP contribution in [-0.4, -0.2) is 10.5 Å². The van der Waals surface area contributed by atoms with Crippen LogP contribution in [0.5, 0.6) is 0 Å². The molecule has 0 saturated heterocycles. The fourth-order valence-corrected chi connectivity index (χ4v) is 0. The molecule has 0 bridgehead atoms. The van der Waals surface area contributed by atoms with Crippen molar-refractivity contribution in [3.63, 3.8) is 0 Å². The summed E-state index contributed by atoms with van der Waals surface area (Å²) in [5.74, 6) is 0. The van der Waals surface area contributed by atoms with Crippen molar-refractivity contribution in [2.75, 3.05) is 0 Å². The van der Waals surface area contributed by atoms with E-state index in [1.54, 1.807) is 0 Å². The molecular weight excluding hydrogens is 174 g/mol. The van der Waals surface area contributed by atoms with E-state index in [4.69, 9.17) is 10.5 Å². The molecule has 0 aliphatic heterocycles. The van der Waals surface area contributed by atoms with Crippen molar-refractivity contribution in [2.45, 2.75) is 0 Å². The third kappa shape index (κ3) is 24.7. The number of hydrogen-bond acceptors (Lipinski definition) is 2. The minimum atomic E-state index is 0. The summed E-state index contributed by atoms with van der Waals surface area (Å²) in [6.07, 6.45) is 0. The monoisotopic (exact) mass is 182 g/mol. The fourth-order valence-electron chi connectivity index (χ4n) is 0. The molecule has 0 spiro atoms. The Balaban J connectivity index is -0.000000000333. The third-order valence-corrected chi connectivity index (χ3v) is 0.